The minimum Gasteiger partial charge on any atom is -0.396 e. The van der Waals surface area contributed by atoms with E-state index >= 15 is 0 Å². The van der Waals surface area contributed by atoms with Gasteiger partial charge in [0, 0.05) is 26.3 Å². The van der Waals surface area contributed by atoms with Gasteiger partial charge in [0.2, 0.25) is 0 Å². The first-order valence-corrected chi connectivity index (χ1v) is 6.23. The second-order valence-corrected chi connectivity index (χ2v) is 4.44. The predicted molar refractivity (Wildman–Crippen MR) is 67.5 cm³/mol. The summed E-state index contributed by atoms with van der Waals surface area (Å²) in [5.74, 6) is 0. The van der Waals surface area contributed by atoms with Crippen LogP contribution in [0.3, 0.4) is 0 Å². The van der Waals surface area contributed by atoms with Crippen molar-refractivity contribution in [2.24, 2.45) is 7.05 Å². The molecule has 0 fully saturated rings. The van der Waals surface area contributed by atoms with Crippen molar-refractivity contribution < 1.29 is 5.11 Å². The van der Waals surface area contributed by atoms with Crippen molar-refractivity contribution in [3.05, 3.63) is 28.3 Å². The van der Waals surface area contributed by atoms with Gasteiger partial charge >= 0.3 is 0 Å². The van der Waals surface area contributed by atoms with Gasteiger partial charge in [0.05, 0.1) is 28.6 Å². The molecule has 0 aromatic carbocycles. The Morgan fingerprint density at radius 3 is 2.83 bits per heavy atom. The third kappa shape index (κ3) is 2.54. The Morgan fingerprint density at radius 2 is 2.22 bits per heavy atom. The molecule has 7 heteroatoms. The molecule has 18 heavy (non-hydrogen) atoms. The monoisotopic (exact) mass is 269 g/mol. The summed E-state index contributed by atoms with van der Waals surface area (Å²) in [4.78, 5) is 0. The number of aliphatic hydroxyl groups excluding tert-OH is 1. The first kappa shape index (κ1) is 13.0. The molecule has 2 rings (SSSR count). The molecule has 1 N–H and O–H groups in total. The third-order valence-corrected chi connectivity index (χ3v) is 3.21. The fraction of sp³-hybridized carbons (Fsp3) is 0.545. The standard InChI is InChI=1S/C11H16ClN5O/c1-3-9-11(12)10(16(2)14-9)7-17-6-8(4-5-18)13-15-17/h6,18H,3-5,7H2,1-2H3. The van der Waals surface area contributed by atoms with Crippen LogP contribution in [0.2, 0.25) is 5.02 Å². The second kappa shape index (κ2) is 5.49. The van der Waals surface area contributed by atoms with E-state index in [0.717, 1.165) is 23.5 Å². The van der Waals surface area contributed by atoms with Gasteiger partial charge in [-0.25, -0.2) is 4.68 Å². The molecule has 0 aliphatic heterocycles. The zero-order valence-electron chi connectivity index (χ0n) is 10.5. The van der Waals surface area contributed by atoms with Gasteiger partial charge in [0.25, 0.3) is 0 Å². The van der Waals surface area contributed by atoms with E-state index in [-0.39, 0.29) is 6.61 Å². The summed E-state index contributed by atoms with van der Waals surface area (Å²) in [7, 11) is 1.87. The number of hydrogen-bond acceptors (Lipinski definition) is 4. The quantitative estimate of drug-likeness (QED) is 0.872. The summed E-state index contributed by atoms with van der Waals surface area (Å²) in [6.07, 6.45) is 3.13. The molecule has 0 amide bonds. The van der Waals surface area contributed by atoms with Crippen molar-refractivity contribution >= 4 is 11.6 Å². The number of aryl methyl sites for hydroxylation is 2. The van der Waals surface area contributed by atoms with Crippen molar-refractivity contribution in [2.45, 2.75) is 26.3 Å². The predicted octanol–water partition coefficient (Wildman–Crippen LogP) is 0.810. The Hall–Kier alpha value is -1.40. The van der Waals surface area contributed by atoms with Crippen molar-refractivity contribution in [3.8, 4) is 0 Å². The molecule has 0 unspecified atom stereocenters. The first-order chi connectivity index (χ1) is 8.65. The minimum absolute atomic E-state index is 0.0745. The molecule has 2 aromatic rings. The lowest BCUT2D eigenvalue weighted by atomic mass is 10.3. The van der Waals surface area contributed by atoms with Crippen LogP contribution in [0.15, 0.2) is 6.20 Å². The lowest BCUT2D eigenvalue weighted by molar-refractivity contribution is 0.298. The number of hydrogen-bond donors (Lipinski definition) is 1. The SMILES string of the molecule is CCc1nn(C)c(Cn2cc(CCO)nn2)c1Cl. The lowest BCUT2D eigenvalue weighted by Gasteiger charge is -2.01. The van der Waals surface area contributed by atoms with E-state index in [1.807, 2.05) is 20.2 Å². The molecule has 6 nitrogen and oxygen atoms in total. The molecular formula is C11H16ClN5O. The summed E-state index contributed by atoms with van der Waals surface area (Å²) in [6.45, 7) is 2.62. The van der Waals surface area contributed by atoms with Crippen LogP contribution in [0.5, 0.6) is 0 Å². The molecular weight excluding hydrogens is 254 g/mol. The number of rotatable bonds is 5. The van der Waals surface area contributed by atoms with Crippen LogP contribution in [-0.4, -0.2) is 36.5 Å². The largest absolute Gasteiger partial charge is 0.396 e. The van der Waals surface area contributed by atoms with Gasteiger partial charge in [-0.05, 0) is 6.42 Å². The summed E-state index contributed by atoms with van der Waals surface area (Å²) in [6, 6.07) is 0. The second-order valence-electron chi connectivity index (χ2n) is 4.07. The van der Waals surface area contributed by atoms with Gasteiger partial charge in [-0.15, -0.1) is 5.10 Å². The van der Waals surface area contributed by atoms with E-state index < -0.39 is 0 Å². The molecule has 0 saturated heterocycles. The van der Waals surface area contributed by atoms with Crippen LogP contribution in [0.1, 0.15) is 24.0 Å². The highest BCUT2D eigenvalue weighted by atomic mass is 35.5. The van der Waals surface area contributed by atoms with Gasteiger partial charge < -0.3 is 5.11 Å². The van der Waals surface area contributed by atoms with Gasteiger partial charge in [-0.2, -0.15) is 5.10 Å². The van der Waals surface area contributed by atoms with Gasteiger partial charge in [0.15, 0.2) is 0 Å². The van der Waals surface area contributed by atoms with Crippen LogP contribution in [0, 0.1) is 0 Å². The highest BCUT2D eigenvalue weighted by Gasteiger charge is 2.14. The van der Waals surface area contributed by atoms with E-state index in [1.165, 1.54) is 0 Å². The zero-order valence-corrected chi connectivity index (χ0v) is 11.2. The van der Waals surface area contributed by atoms with Crippen LogP contribution < -0.4 is 0 Å². The lowest BCUT2D eigenvalue weighted by Crippen LogP contribution is -2.06. The normalized spacial score (nSPS) is 11.1. The van der Waals surface area contributed by atoms with E-state index in [2.05, 4.69) is 15.4 Å². The van der Waals surface area contributed by atoms with Crippen molar-refractivity contribution in [2.75, 3.05) is 6.61 Å². The summed E-state index contributed by atoms with van der Waals surface area (Å²) in [5.41, 5.74) is 2.57. The van der Waals surface area contributed by atoms with E-state index in [9.17, 15) is 0 Å². The minimum atomic E-state index is 0.0745. The highest BCUT2D eigenvalue weighted by molar-refractivity contribution is 6.31. The molecule has 98 valence electrons. The fourth-order valence-corrected chi connectivity index (χ4v) is 2.14. The van der Waals surface area contributed by atoms with E-state index in [1.54, 1.807) is 9.36 Å². The van der Waals surface area contributed by atoms with Crippen molar-refractivity contribution in [1.82, 2.24) is 24.8 Å². The van der Waals surface area contributed by atoms with Crippen LogP contribution in [-0.2, 0) is 26.4 Å². The van der Waals surface area contributed by atoms with Gasteiger partial charge in [0.1, 0.15) is 0 Å². The van der Waals surface area contributed by atoms with Gasteiger partial charge in [-0.3, -0.25) is 4.68 Å². The molecule has 0 atom stereocenters. The van der Waals surface area contributed by atoms with Crippen LogP contribution in [0.25, 0.3) is 0 Å². The number of aliphatic hydroxyl groups is 1. The smallest absolute Gasteiger partial charge is 0.0869 e. The Morgan fingerprint density at radius 1 is 1.44 bits per heavy atom. The Labute approximate surface area is 110 Å². The maximum absolute atomic E-state index is 8.83. The molecule has 2 aromatic heterocycles. The topological polar surface area (TPSA) is 68.8 Å². The Balaban J connectivity index is 2.20. The summed E-state index contributed by atoms with van der Waals surface area (Å²) in [5, 5.41) is 21.8. The fourth-order valence-electron chi connectivity index (χ4n) is 1.79. The third-order valence-electron chi connectivity index (χ3n) is 2.77. The first-order valence-electron chi connectivity index (χ1n) is 5.85. The molecule has 2 heterocycles. The van der Waals surface area contributed by atoms with Gasteiger partial charge in [-0.1, -0.05) is 23.7 Å². The number of nitrogens with zero attached hydrogens (tertiary/aromatic N) is 5. The maximum Gasteiger partial charge on any atom is 0.0869 e. The van der Waals surface area contributed by atoms with Crippen molar-refractivity contribution in [1.29, 1.82) is 0 Å². The molecule has 0 saturated carbocycles. The highest BCUT2D eigenvalue weighted by Crippen LogP contribution is 2.21. The number of halogens is 1. The summed E-state index contributed by atoms with van der Waals surface area (Å²) >= 11 is 6.26. The number of aromatic nitrogens is 5. The maximum atomic E-state index is 8.83. The Bertz CT molecular complexity index is 534. The van der Waals surface area contributed by atoms with Crippen molar-refractivity contribution in [3.63, 3.8) is 0 Å². The summed E-state index contributed by atoms with van der Waals surface area (Å²) < 4.78 is 3.47. The zero-order chi connectivity index (χ0) is 13.1. The Kier molecular flexibility index (Phi) is 3.98. The average Bonchev–Trinajstić information content (AvgIpc) is 2.89. The van der Waals surface area contributed by atoms with Crippen LogP contribution in [0.4, 0.5) is 0 Å². The molecule has 0 radical (unpaired) electrons. The average molecular weight is 270 g/mol. The molecule has 0 aliphatic carbocycles. The molecule has 0 aliphatic rings. The molecule has 0 bridgehead atoms. The van der Waals surface area contributed by atoms with E-state index in [4.69, 9.17) is 16.7 Å². The molecule has 0 spiro atoms. The van der Waals surface area contributed by atoms with Crippen LogP contribution >= 0.6 is 11.6 Å². The van der Waals surface area contributed by atoms with E-state index in [0.29, 0.717) is 18.0 Å².